The number of primary amides is 1. The number of nitrogens with one attached hydrogen (secondary N) is 9. The van der Waals surface area contributed by atoms with Crippen LogP contribution in [0.15, 0.2) is 12.5 Å². The van der Waals surface area contributed by atoms with Gasteiger partial charge in [-0.1, -0.05) is 95.9 Å². The predicted octanol–water partition coefficient (Wildman–Crippen LogP) is -0.131. The van der Waals surface area contributed by atoms with Gasteiger partial charge in [0.1, 0.15) is 48.3 Å². The summed E-state index contributed by atoms with van der Waals surface area (Å²) in [4.78, 5) is 154. The smallest absolute Gasteiger partial charge is 0.326 e. The van der Waals surface area contributed by atoms with E-state index < -0.39 is 150 Å². The molecule has 1 heterocycles. The summed E-state index contributed by atoms with van der Waals surface area (Å²) in [6, 6.07) is -12.0. The molecule has 25 heteroatoms. The number of rotatable bonds is 35. The summed E-state index contributed by atoms with van der Waals surface area (Å²) in [5.74, 6) is -12.3. The molecule has 0 aliphatic rings. The maximum Gasteiger partial charge on any atom is 0.326 e. The molecule has 1 rings (SSSR count). The second-order valence-electron chi connectivity index (χ2n) is 21.0. The number of hydrogen-bond acceptors (Lipinski definition) is 13. The molecule has 0 aliphatic carbocycles. The Bertz CT molecular complexity index is 2080. The number of carboxylic acid groups (broad SMARTS) is 2. The molecule has 9 amide bonds. The van der Waals surface area contributed by atoms with Crippen LogP contribution in [0.5, 0.6) is 0 Å². The standard InChI is InChI=1S/C50H86N12O13/c1-13-28(11)40(61-46(70)34(19-26(7)8)56-43(67)32(15-16-38(64)65)55-48(72)39(27(9)10)60-42(66)31(51)17-24(3)4)49(73)59-33(18-25(5)6)44(68)58-36(21-37(52)63)45(69)57-35(20-30-22-53-23-54-30)47(71)62-41(50(74)75)29(12)14-2/h22-29,31-36,39-41H,13-21,51H2,1-12H3,(H2,52,63)(H,53,54)(H,55,72)(H,56,67)(H,57,69)(H,58,68)(H,59,73)(H,60,66)(H,61,70)(H,62,71)(H,64,65)(H,74,75)/t28-,29-,31-,32-,33-,34-,35-,36-,39-,40-,41-/m0/s1. The number of H-pyrrole nitrogens is 1. The highest BCUT2D eigenvalue weighted by Gasteiger charge is 2.38. The van der Waals surface area contributed by atoms with Gasteiger partial charge in [-0.25, -0.2) is 9.78 Å². The number of aliphatic carboxylic acids is 2. The predicted molar refractivity (Wildman–Crippen MR) is 276 cm³/mol. The van der Waals surface area contributed by atoms with Crippen LogP contribution in [0.1, 0.15) is 140 Å². The average Bonchev–Trinajstić information content (AvgIpc) is 3.83. The topological polar surface area (TPSA) is 405 Å². The number of carbonyl (C=O) groups is 11. The summed E-state index contributed by atoms with van der Waals surface area (Å²) >= 11 is 0. The summed E-state index contributed by atoms with van der Waals surface area (Å²) in [5, 5.41) is 39.9. The molecule has 75 heavy (non-hydrogen) atoms. The number of nitrogens with two attached hydrogens (primary N) is 2. The van der Waals surface area contributed by atoms with E-state index in [0.717, 1.165) is 0 Å². The molecular weight excluding hydrogens is 977 g/mol. The minimum Gasteiger partial charge on any atom is -0.481 e. The molecule has 25 nitrogen and oxygen atoms in total. The summed E-state index contributed by atoms with van der Waals surface area (Å²) < 4.78 is 0. The second kappa shape index (κ2) is 32.6. The first-order valence-electron chi connectivity index (χ1n) is 25.8. The molecule has 0 saturated carbocycles. The third kappa shape index (κ3) is 24.0. The van der Waals surface area contributed by atoms with Crippen LogP contribution >= 0.6 is 0 Å². The summed E-state index contributed by atoms with van der Waals surface area (Å²) in [7, 11) is 0. The average molecular weight is 1060 g/mol. The van der Waals surface area contributed by atoms with Gasteiger partial charge in [0.2, 0.25) is 53.2 Å². The number of hydrogen-bond donors (Lipinski definition) is 13. The lowest BCUT2D eigenvalue weighted by atomic mass is 9.95. The van der Waals surface area contributed by atoms with E-state index in [9.17, 15) is 63.0 Å². The third-order valence-electron chi connectivity index (χ3n) is 12.5. The highest BCUT2D eigenvalue weighted by molar-refractivity contribution is 5.99. The zero-order valence-corrected chi connectivity index (χ0v) is 45.7. The van der Waals surface area contributed by atoms with Gasteiger partial charge in [-0.15, -0.1) is 0 Å². The first kappa shape index (κ1) is 66.4. The number of carboxylic acids is 2. The van der Waals surface area contributed by atoms with Gasteiger partial charge < -0.3 is 69.2 Å². The van der Waals surface area contributed by atoms with Gasteiger partial charge >= 0.3 is 11.9 Å². The monoisotopic (exact) mass is 1060 g/mol. The molecule has 11 atom stereocenters. The molecule has 0 aromatic carbocycles. The van der Waals surface area contributed by atoms with Crippen LogP contribution in [-0.2, 0) is 59.2 Å². The first-order chi connectivity index (χ1) is 34.9. The quantitative estimate of drug-likeness (QED) is 0.0421. The van der Waals surface area contributed by atoms with Crippen molar-refractivity contribution in [3.63, 3.8) is 0 Å². The number of aromatic nitrogens is 2. The minimum absolute atomic E-state index is 0.0116. The van der Waals surface area contributed by atoms with Gasteiger partial charge in [-0.3, -0.25) is 47.9 Å². The van der Waals surface area contributed by atoms with Gasteiger partial charge in [0.15, 0.2) is 0 Å². The second-order valence-corrected chi connectivity index (χ2v) is 21.0. The SMILES string of the molecule is CC[C@H](C)[C@H](NC(=O)[C@H](Cc1cnc[nH]1)NC(=O)[C@H](CC(N)=O)NC(=O)[C@H](CC(C)C)NC(=O)[C@@H](NC(=O)[C@H](CC(C)C)NC(=O)[C@H](CCC(=O)O)NC(=O)[C@@H](NC(=O)[C@@H](N)CC(C)C)C(C)C)[C@@H](C)CC)C(=O)O. The van der Waals surface area contributed by atoms with Gasteiger partial charge in [0, 0.05) is 24.7 Å². The highest BCUT2D eigenvalue weighted by atomic mass is 16.4. The van der Waals surface area contributed by atoms with E-state index in [1.165, 1.54) is 12.5 Å². The lowest BCUT2D eigenvalue weighted by Gasteiger charge is -2.30. The van der Waals surface area contributed by atoms with Gasteiger partial charge in [-0.05, 0) is 61.2 Å². The minimum atomic E-state index is -1.69. The molecule has 0 radical (unpaired) electrons. The van der Waals surface area contributed by atoms with Crippen LogP contribution in [-0.4, -0.2) is 140 Å². The fourth-order valence-electron chi connectivity index (χ4n) is 7.82. The molecule has 0 bridgehead atoms. The van der Waals surface area contributed by atoms with Gasteiger partial charge in [0.05, 0.1) is 18.8 Å². The molecule has 0 aliphatic heterocycles. The van der Waals surface area contributed by atoms with Crippen LogP contribution in [0, 0.1) is 35.5 Å². The summed E-state index contributed by atoms with van der Waals surface area (Å²) in [6.45, 7) is 20.9. The zero-order valence-electron chi connectivity index (χ0n) is 45.7. The van der Waals surface area contributed by atoms with E-state index >= 15 is 0 Å². The highest BCUT2D eigenvalue weighted by Crippen LogP contribution is 2.15. The zero-order chi connectivity index (χ0) is 57.4. The Labute approximate surface area is 439 Å². The maximum absolute atomic E-state index is 14.3. The molecule has 0 fully saturated rings. The maximum atomic E-state index is 14.3. The Hall–Kier alpha value is -6.66. The summed E-state index contributed by atoms with van der Waals surface area (Å²) in [6.07, 6.45) is 1.91. The van der Waals surface area contributed by atoms with E-state index in [4.69, 9.17) is 11.5 Å². The van der Waals surface area contributed by atoms with Crippen molar-refractivity contribution in [1.29, 1.82) is 0 Å². The lowest BCUT2D eigenvalue weighted by Crippen LogP contribution is -2.62. The van der Waals surface area contributed by atoms with Crippen molar-refractivity contribution in [1.82, 2.24) is 52.5 Å². The number of amides is 9. The van der Waals surface area contributed by atoms with E-state index in [2.05, 4.69) is 52.5 Å². The Morgan fingerprint density at radius 3 is 1.41 bits per heavy atom. The molecule has 0 unspecified atom stereocenters. The van der Waals surface area contributed by atoms with Crippen molar-refractivity contribution in [2.24, 2.45) is 47.0 Å². The Morgan fingerprint density at radius 1 is 0.533 bits per heavy atom. The van der Waals surface area contributed by atoms with E-state index in [-0.39, 0.29) is 43.4 Å². The van der Waals surface area contributed by atoms with Crippen LogP contribution in [0.25, 0.3) is 0 Å². The normalized spacial score (nSPS) is 15.9. The Kier molecular flexibility index (Phi) is 28.8. The van der Waals surface area contributed by atoms with Gasteiger partial charge in [0.25, 0.3) is 0 Å². The van der Waals surface area contributed by atoms with Crippen molar-refractivity contribution in [2.45, 2.75) is 195 Å². The molecule has 15 N–H and O–H groups in total. The number of nitrogens with zero attached hydrogens (tertiary/aromatic N) is 1. The third-order valence-corrected chi connectivity index (χ3v) is 12.5. The number of imidazole rings is 1. The Morgan fingerprint density at radius 2 is 0.947 bits per heavy atom. The van der Waals surface area contributed by atoms with Crippen molar-refractivity contribution < 1.29 is 63.0 Å². The molecule has 424 valence electrons. The summed E-state index contributed by atoms with van der Waals surface area (Å²) in [5.41, 5.74) is 11.9. The van der Waals surface area contributed by atoms with Crippen molar-refractivity contribution in [2.75, 3.05) is 0 Å². The van der Waals surface area contributed by atoms with E-state index in [1.807, 2.05) is 13.8 Å². The van der Waals surface area contributed by atoms with Crippen LogP contribution < -0.4 is 54.0 Å². The van der Waals surface area contributed by atoms with Crippen LogP contribution in [0.4, 0.5) is 0 Å². The first-order valence-corrected chi connectivity index (χ1v) is 25.8. The largest absolute Gasteiger partial charge is 0.481 e. The number of carbonyl (C=O) groups excluding carboxylic acids is 9. The fraction of sp³-hybridized carbons (Fsp3) is 0.720. The van der Waals surface area contributed by atoms with Crippen molar-refractivity contribution in [3.8, 4) is 0 Å². The molecular formula is C50H86N12O13. The number of aromatic amines is 1. The van der Waals surface area contributed by atoms with Crippen molar-refractivity contribution >= 4 is 65.1 Å². The van der Waals surface area contributed by atoms with Crippen molar-refractivity contribution in [3.05, 3.63) is 18.2 Å². The lowest BCUT2D eigenvalue weighted by molar-refractivity contribution is -0.144. The molecule has 0 spiro atoms. The van der Waals surface area contributed by atoms with E-state index in [1.54, 1.807) is 69.2 Å². The fourth-order valence-corrected chi connectivity index (χ4v) is 7.82. The molecule has 1 aromatic rings. The Balaban J connectivity index is 3.51. The van der Waals surface area contributed by atoms with Crippen LogP contribution in [0.2, 0.25) is 0 Å². The van der Waals surface area contributed by atoms with Gasteiger partial charge in [-0.2, -0.15) is 0 Å². The molecule has 0 saturated heterocycles. The van der Waals surface area contributed by atoms with E-state index in [0.29, 0.717) is 25.0 Å². The molecule has 1 aromatic heterocycles. The van der Waals surface area contributed by atoms with Crippen LogP contribution in [0.3, 0.4) is 0 Å².